The van der Waals surface area contributed by atoms with E-state index in [1.54, 1.807) is 12.1 Å². The Morgan fingerprint density at radius 1 is 1.12 bits per heavy atom. The lowest BCUT2D eigenvalue weighted by Crippen LogP contribution is -2.50. The summed E-state index contributed by atoms with van der Waals surface area (Å²) in [5, 5.41) is 1.83. The van der Waals surface area contributed by atoms with Crippen LogP contribution in [0.15, 0.2) is 42.5 Å². The van der Waals surface area contributed by atoms with E-state index in [0.717, 1.165) is 24.0 Å². The van der Waals surface area contributed by atoms with Crippen LogP contribution in [-0.4, -0.2) is 51.0 Å². The third-order valence-corrected chi connectivity index (χ3v) is 6.58. The molecule has 0 saturated carbocycles. The minimum absolute atomic E-state index is 0.0142. The molecule has 7 nitrogen and oxygen atoms in total. The molecule has 2 rings (SSSR count). The van der Waals surface area contributed by atoms with E-state index in [-0.39, 0.29) is 12.2 Å². The molecule has 0 heterocycles. The van der Waals surface area contributed by atoms with Crippen LogP contribution in [0.5, 0.6) is 0 Å². The van der Waals surface area contributed by atoms with E-state index in [9.17, 15) is 31.2 Å². The molecule has 0 saturated heterocycles. The van der Waals surface area contributed by atoms with E-state index >= 15 is 0 Å². The molecule has 2 aromatic rings. The van der Waals surface area contributed by atoms with Gasteiger partial charge in [-0.1, -0.05) is 41.4 Å². The number of hydrogen-bond acceptors (Lipinski definition) is 4. The number of anilines is 1. The Morgan fingerprint density at radius 2 is 1.71 bits per heavy atom. The maximum Gasteiger partial charge on any atom is 0.417 e. The van der Waals surface area contributed by atoms with Crippen molar-refractivity contribution in [3.63, 3.8) is 0 Å². The summed E-state index contributed by atoms with van der Waals surface area (Å²) in [5.74, 6) is -1.26. The highest BCUT2D eigenvalue weighted by Crippen LogP contribution is 2.37. The number of carbonyl (C=O) groups excluding carboxylic acids is 2. The number of rotatable bonds is 8. The molecule has 0 bridgehead atoms. The van der Waals surface area contributed by atoms with E-state index in [1.165, 1.54) is 18.9 Å². The smallest absolute Gasteiger partial charge is 0.357 e. The minimum Gasteiger partial charge on any atom is -0.357 e. The van der Waals surface area contributed by atoms with Crippen LogP contribution >= 0.6 is 11.6 Å². The fourth-order valence-corrected chi connectivity index (χ4v) is 4.25. The maximum absolute atomic E-state index is 13.3. The summed E-state index contributed by atoms with van der Waals surface area (Å²) >= 11 is 5.64. The fraction of sp³-hybridized carbons (Fsp3) is 0.364. The van der Waals surface area contributed by atoms with Crippen molar-refractivity contribution < 1.29 is 31.2 Å². The third kappa shape index (κ3) is 6.86. The van der Waals surface area contributed by atoms with Crippen molar-refractivity contribution in [1.29, 1.82) is 0 Å². The fourth-order valence-electron chi connectivity index (χ4n) is 3.18. The highest BCUT2D eigenvalue weighted by molar-refractivity contribution is 7.92. The van der Waals surface area contributed by atoms with E-state index in [1.807, 2.05) is 19.1 Å². The number of alkyl halides is 3. The molecule has 1 atom stereocenters. The Morgan fingerprint density at radius 3 is 2.21 bits per heavy atom. The van der Waals surface area contributed by atoms with Crippen molar-refractivity contribution in [3.05, 3.63) is 64.2 Å². The molecule has 2 aromatic carbocycles. The number of halogens is 4. The van der Waals surface area contributed by atoms with Crippen LogP contribution in [0.4, 0.5) is 18.9 Å². The molecule has 186 valence electrons. The molecule has 0 spiro atoms. The average Bonchev–Trinajstić information content (AvgIpc) is 2.74. The molecule has 0 aliphatic rings. The van der Waals surface area contributed by atoms with Gasteiger partial charge in [-0.05, 0) is 37.6 Å². The number of aryl methyl sites for hydroxylation is 1. The van der Waals surface area contributed by atoms with Gasteiger partial charge in [0.05, 0.1) is 22.5 Å². The highest BCUT2D eigenvalue weighted by Gasteiger charge is 2.35. The molecule has 0 unspecified atom stereocenters. The van der Waals surface area contributed by atoms with Gasteiger partial charge >= 0.3 is 6.18 Å². The number of hydrogen-bond donors (Lipinski definition) is 1. The van der Waals surface area contributed by atoms with Crippen molar-refractivity contribution in [1.82, 2.24) is 10.2 Å². The Kier molecular flexibility index (Phi) is 8.59. The number of benzene rings is 2. The van der Waals surface area contributed by atoms with Gasteiger partial charge in [-0.25, -0.2) is 8.42 Å². The van der Waals surface area contributed by atoms with Crippen LogP contribution in [0.2, 0.25) is 5.02 Å². The van der Waals surface area contributed by atoms with Crippen molar-refractivity contribution >= 4 is 39.1 Å². The molecule has 0 radical (unpaired) electrons. The van der Waals surface area contributed by atoms with Gasteiger partial charge in [-0.3, -0.25) is 13.9 Å². The molecule has 0 aliphatic carbocycles. The zero-order valence-corrected chi connectivity index (χ0v) is 20.6. The van der Waals surface area contributed by atoms with Crippen molar-refractivity contribution in [2.75, 3.05) is 24.2 Å². The Balaban J connectivity index is 2.46. The molecule has 0 aromatic heterocycles. The maximum atomic E-state index is 13.3. The van der Waals surface area contributed by atoms with E-state index in [4.69, 9.17) is 11.6 Å². The predicted octanol–water partition coefficient (Wildman–Crippen LogP) is 3.60. The first kappa shape index (κ1) is 27.5. The SMILES string of the molecule is CNC(=O)[C@H](C)N(Cc1ccc(C)cc1)C(=O)CN(c1ccc(Cl)c(C(F)(F)F)c1)S(C)(=O)=O. The first-order valence-electron chi connectivity index (χ1n) is 10.1. The van der Waals surface area contributed by atoms with Gasteiger partial charge in [0.25, 0.3) is 0 Å². The van der Waals surface area contributed by atoms with Crippen LogP contribution in [0, 0.1) is 6.92 Å². The van der Waals surface area contributed by atoms with Gasteiger partial charge in [-0.2, -0.15) is 13.2 Å². The van der Waals surface area contributed by atoms with Gasteiger partial charge in [0.1, 0.15) is 12.6 Å². The lowest BCUT2D eigenvalue weighted by Gasteiger charge is -2.31. The molecule has 0 fully saturated rings. The summed E-state index contributed by atoms with van der Waals surface area (Å²) in [4.78, 5) is 26.7. The number of amides is 2. The monoisotopic (exact) mass is 519 g/mol. The lowest BCUT2D eigenvalue weighted by atomic mass is 10.1. The Labute approximate surface area is 201 Å². The van der Waals surface area contributed by atoms with E-state index < -0.39 is 51.2 Å². The zero-order chi connectivity index (χ0) is 25.8. The Bertz CT molecular complexity index is 1150. The van der Waals surface area contributed by atoms with Crippen LogP contribution < -0.4 is 9.62 Å². The summed E-state index contributed by atoms with van der Waals surface area (Å²) in [5.41, 5.74) is 0.0531. The number of nitrogens with zero attached hydrogens (tertiary/aromatic N) is 2. The summed E-state index contributed by atoms with van der Waals surface area (Å²) in [7, 11) is -2.79. The second kappa shape index (κ2) is 10.6. The van der Waals surface area contributed by atoms with Gasteiger partial charge in [-0.15, -0.1) is 0 Å². The molecule has 1 N–H and O–H groups in total. The second-order valence-electron chi connectivity index (χ2n) is 7.73. The zero-order valence-electron chi connectivity index (χ0n) is 19.0. The predicted molar refractivity (Wildman–Crippen MR) is 124 cm³/mol. The number of sulfonamides is 1. The molecule has 34 heavy (non-hydrogen) atoms. The van der Waals surface area contributed by atoms with Gasteiger partial charge in [0.15, 0.2) is 0 Å². The largest absolute Gasteiger partial charge is 0.417 e. The van der Waals surface area contributed by atoms with Crippen molar-refractivity contribution in [3.8, 4) is 0 Å². The molecular formula is C22H25ClF3N3O4S. The Hall–Kier alpha value is -2.79. The normalized spacial score (nSPS) is 12.7. The molecular weight excluding hydrogens is 495 g/mol. The number of carbonyl (C=O) groups is 2. The standard InChI is InChI=1S/C22H25ClF3N3O4S/c1-14-5-7-16(8-6-14)12-28(15(2)21(31)27-3)20(30)13-29(34(4,32)33)17-9-10-19(23)18(11-17)22(24,25)26/h5-11,15H,12-13H2,1-4H3,(H,27,31)/t15-/m0/s1. The number of likely N-dealkylation sites (N-methyl/N-ethyl adjacent to an activating group) is 1. The van der Waals surface area contributed by atoms with Gasteiger partial charge in [0.2, 0.25) is 21.8 Å². The summed E-state index contributed by atoms with van der Waals surface area (Å²) in [6.07, 6.45) is -4.06. The van der Waals surface area contributed by atoms with E-state index in [2.05, 4.69) is 5.32 Å². The third-order valence-electron chi connectivity index (χ3n) is 5.11. The van der Waals surface area contributed by atoms with E-state index in [0.29, 0.717) is 15.9 Å². The van der Waals surface area contributed by atoms with Gasteiger partial charge < -0.3 is 10.2 Å². The average molecular weight is 520 g/mol. The first-order valence-corrected chi connectivity index (χ1v) is 12.3. The second-order valence-corrected chi connectivity index (χ2v) is 10.0. The van der Waals surface area contributed by atoms with Crippen LogP contribution in [0.3, 0.4) is 0 Å². The lowest BCUT2D eigenvalue weighted by molar-refractivity contribution is -0.139. The summed E-state index contributed by atoms with van der Waals surface area (Å²) in [6.45, 7) is 2.52. The minimum atomic E-state index is -4.83. The van der Waals surface area contributed by atoms with Crippen LogP contribution in [0.25, 0.3) is 0 Å². The highest BCUT2D eigenvalue weighted by atomic mass is 35.5. The van der Waals surface area contributed by atoms with Crippen LogP contribution in [-0.2, 0) is 32.3 Å². The van der Waals surface area contributed by atoms with Crippen LogP contribution in [0.1, 0.15) is 23.6 Å². The molecule has 12 heteroatoms. The van der Waals surface area contributed by atoms with Gasteiger partial charge in [0, 0.05) is 13.6 Å². The number of nitrogens with one attached hydrogen (secondary N) is 1. The molecule has 2 amide bonds. The summed E-state index contributed by atoms with van der Waals surface area (Å²) in [6, 6.07) is 8.75. The van der Waals surface area contributed by atoms with Crippen molar-refractivity contribution in [2.24, 2.45) is 0 Å². The quantitative estimate of drug-likeness (QED) is 0.577. The molecule has 0 aliphatic heterocycles. The first-order chi connectivity index (χ1) is 15.6. The summed E-state index contributed by atoms with van der Waals surface area (Å²) < 4.78 is 65.4. The topological polar surface area (TPSA) is 86.8 Å². The van der Waals surface area contributed by atoms with Crippen molar-refractivity contribution in [2.45, 2.75) is 32.6 Å².